The summed E-state index contributed by atoms with van der Waals surface area (Å²) in [5, 5.41) is 10.1. The summed E-state index contributed by atoms with van der Waals surface area (Å²) < 4.78 is 11.3. The summed E-state index contributed by atoms with van der Waals surface area (Å²) in [5.41, 5.74) is 2.12. The Morgan fingerprint density at radius 3 is 2.46 bits per heavy atom. The summed E-state index contributed by atoms with van der Waals surface area (Å²) >= 11 is 3.36. The minimum Gasteiger partial charge on any atom is -0.493 e. The highest BCUT2D eigenvalue weighted by Crippen LogP contribution is 2.33. The van der Waals surface area contributed by atoms with Crippen LogP contribution in [-0.4, -0.2) is 30.3 Å². The van der Waals surface area contributed by atoms with E-state index in [0.29, 0.717) is 28.1 Å². The number of ether oxygens (including phenoxy) is 2. The van der Waals surface area contributed by atoms with Crippen LogP contribution < -0.4 is 9.47 Å². The number of carboxylic acid groups (broad SMARTS) is 1. The lowest BCUT2D eigenvalue weighted by Gasteiger charge is -2.11. The SMILES string of the molecule is COc1ccc(-c2cc(C(=O)O)c3cc(Br)ccc3n2)cc1OC. The van der Waals surface area contributed by atoms with Gasteiger partial charge in [0.2, 0.25) is 0 Å². The zero-order chi connectivity index (χ0) is 17.3. The van der Waals surface area contributed by atoms with Crippen molar-refractivity contribution in [2.45, 2.75) is 0 Å². The van der Waals surface area contributed by atoms with E-state index >= 15 is 0 Å². The summed E-state index contributed by atoms with van der Waals surface area (Å²) in [5.74, 6) is 0.163. The highest BCUT2D eigenvalue weighted by Gasteiger charge is 2.14. The number of fused-ring (bicyclic) bond motifs is 1. The van der Waals surface area contributed by atoms with Gasteiger partial charge in [0, 0.05) is 15.4 Å². The molecule has 5 nitrogen and oxygen atoms in total. The Balaban J connectivity index is 2.23. The Morgan fingerprint density at radius 2 is 1.79 bits per heavy atom. The van der Waals surface area contributed by atoms with Gasteiger partial charge in [0.15, 0.2) is 11.5 Å². The van der Waals surface area contributed by atoms with Gasteiger partial charge in [-0.3, -0.25) is 0 Å². The van der Waals surface area contributed by atoms with Crippen LogP contribution in [0.4, 0.5) is 0 Å². The molecule has 24 heavy (non-hydrogen) atoms. The number of methoxy groups -OCH3 is 2. The number of benzene rings is 2. The number of pyridine rings is 1. The molecule has 3 aromatic rings. The predicted molar refractivity (Wildman–Crippen MR) is 94.9 cm³/mol. The maximum Gasteiger partial charge on any atom is 0.336 e. The molecule has 0 aliphatic rings. The van der Waals surface area contributed by atoms with E-state index in [1.54, 1.807) is 44.6 Å². The van der Waals surface area contributed by atoms with Crippen LogP contribution in [-0.2, 0) is 0 Å². The number of carbonyl (C=O) groups is 1. The largest absolute Gasteiger partial charge is 0.493 e. The average Bonchev–Trinajstić information content (AvgIpc) is 2.60. The van der Waals surface area contributed by atoms with Crippen molar-refractivity contribution in [2.75, 3.05) is 14.2 Å². The fourth-order valence-corrected chi connectivity index (χ4v) is 2.88. The zero-order valence-electron chi connectivity index (χ0n) is 13.0. The number of hydrogen-bond donors (Lipinski definition) is 1. The Morgan fingerprint density at radius 1 is 1.04 bits per heavy atom. The molecular weight excluding hydrogens is 374 g/mol. The lowest BCUT2D eigenvalue weighted by Crippen LogP contribution is -2.00. The number of hydrogen-bond acceptors (Lipinski definition) is 4. The number of carboxylic acids is 1. The summed E-state index contributed by atoms with van der Waals surface area (Å²) in [6.45, 7) is 0. The van der Waals surface area contributed by atoms with Crippen LogP contribution in [0, 0.1) is 0 Å². The molecule has 3 rings (SSSR count). The first-order valence-electron chi connectivity index (χ1n) is 7.09. The van der Waals surface area contributed by atoms with Crippen molar-refractivity contribution < 1.29 is 19.4 Å². The lowest BCUT2D eigenvalue weighted by molar-refractivity contribution is 0.0699. The molecule has 0 fully saturated rings. The normalized spacial score (nSPS) is 10.6. The molecule has 1 N–H and O–H groups in total. The van der Waals surface area contributed by atoms with Crippen molar-refractivity contribution >= 4 is 32.8 Å². The van der Waals surface area contributed by atoms with Crippen LogP contribution >= 0.6 is 15.9 Å². The summed E-state index contributed by atoms with van der Waals surface area (Å²) in [4.78, 5) is 16.2. The quantitative estimate of drug-likeness (QED) is 0.719. The molecule has 1 aromatic heterocycles. The molecule has 0 atom stereocenters. The first-order valence-corrected chi connectivity index (χ1v) is 7.89. The van der Waals surface area contributed by atoms with Crippen molar-refractivity contribution in [3.05, 3.63) is 52.5 Å². The summed E-state index contributed by atoms with van der Waals surface area (Å²) in [7, 11) is 3.11. The number of nitrogens with zero attached hydrogens (tertiary/aromatic N) is 1. The van der Waals surface area contributed by atoms with Gasteiger partial charge in [-0.1, -0.05) is 15.9 Å². The minimum atomic E-state index is -0.998. The monoisotopic (exact) mass is 387 g/mol. The molecule has 0 amide bonds. The smallest absolute Gasteiger partial charge is 0.336 e. The molecule has 0 aliphatic carbocycles. The van der Waals surface area contributed by atoms with Crippen LogP contribution in [0.25, 0.3) is 22.2 Å². The van der Waals surface area contributed by atoms with Gasteiger partial charge in [0.05, 0.1) is 31.0 Å². The van der Waals surface area contributed by atoms with Crippen LogP contribution in [0.1, 0.15) is 10.4 Å². The van der Waals surface area contributed by atoms with Crippen molar-refractivity contribution in [1.29, 1.82) is 0 Å². The number of rotatable bonds is 4. The molecule has 6 heteroatoms. The first kappa shape index (κ1) is 16.3. The predicted octanol–water partition coefficient (Wildman–Crippen LogP) is 4.38. The van der Waals surface area contributed by atoms with Crippen molar-refractivity contribution in [1.82, 2.24) is 4.98 Å². The molecule has 122 valence electrons. The zero-order valence-corrected chi connectivity index (χ0v) is 14.6. The molecule has 0 unspecified atom stereocenters. The van der Waals surface area contributed by atoms with Gasteiger partial charge >= 0.3 is 5.97 Å². The molecule has 0 radical (unpaired) electrons. The van der Waals surface area contributed by atoms with Gasteiger partial charge in [0.1, 0.15) is 0 Å². The third kappa shape index (κ3) is 2.92. The third-order valence-corrected chi connectivity index (χ3v) is 4.17. The Labute approximate surface area is 147 Å². The first-order chi connectivity index (χ1) is 11.5. The Kier molecular flexibility index (Phi) is 4.40. The molecule has 0 saturated carbocycles. The van der Waals surface area contributed by atoms with Gasteiger partial charge in [-0.15, -0.1) is 0 Å². The third-order valence-electron chi connectivity index (χ3n) is 3.68. The number of aromatic carboxylic acids is 1. The molecule has 0 bridgehead atoms. The van der Waals surface area contributed by atoms with Crippen LogP contribution in [0.5, 0.6) is 11.5 Å². The van der Waals surface area contributed by atoms with Gasteiger partial charge in [-0.2, -0.15) is 0 Å². The molecule has 0 aliphatic heterocycles. The molecule has 2 aromatic carbocycles. The second kappa shape index (κ2) is 6.49. The van der Waals surface area contributed by atoms with E-state index in [2.05, 4.69) is 20.9 Å². The summed E-state index contributed by atoms with van der Waals surface area (Å²) in [6, 6.07) is 12.3. The van der Waals surface area contributed by atoms with Gasteiger partial charge in [0.25, 0.3) is 0 Å². The second-order valence-electron chi connectivity index (χ2n) is 5.09. The van der Waals surface area contributed by atoms with Gasteiger partial charge < -0.3 is 14.6 Å². The van der Waals surface area contributed by atoms with E-state index in [1.807, 2.05) is 12.1 Å². The fraction of sp³-hybridized carbons (Fsp3) is 0.111. The molecular formula is C18H14BrNO4. The average molecular weight is 388 g/mol. The maximum absolute atomic E-state index is 11.6. The van der Waals surface area contributed by atoms with Crippen LogP contribution in [0.15, 0.2) is 46.9 Å². The van der Waals surface area contributed by atoms with E-state index in [0.717, 1.165) is 10.0 Å². The van der Waals surface area contributed by atoms with Gasteiger partial charge in [-0.05, 0) is 42.5 Å². The van der Waals surface area contributed by atoms with Crippen molar-refractivity contribution in [3.63, 3.8) is 0 Å². The summed E-state index contributed by atoms with van der Waals surface area (Å²) in [6.07, 6.45) is 0. The Hall–Kier alpha value is -2.60. The van der Waals surface area contributed by atoms with E-state index in [-0.39, 0.29) is 5.56 Å². The lowest BCUT2D eigenvalue weighted by atomic mass is 10.0. The fourth-order valence-electron chi connectivity index (χ4n) is 2.52. The Bertz CT molecular complexity index is 940. The van der Waals surface area contributed by atoms with E-state index < -0.39 is 5.97 Å². The van der Waals surface area contributed by atoms with Crippen molar-refractivity contribution in [3.8, 4) is 22.8 Å². The van der Waals surface area contributed by atoms with E-state index in [1.165, 1.54) is 0 Å². The number of halogens is 1. The second-order valence-corrected chi connectivity index (χ2v) is 6.01. The van der Waals surface area contributed by atoms with Gasteiger partial charge in [-0.25, -0.2) is 9.78 Å². The standard InChI is InChI=1S/C18H14BrNO4/c1-23-16-6-3-10(7-17(16)24-2)15-9-13(18(21)22)12-8-11(19)4-5-14(12)20-15/h3-9H,1-2H3,(H,21,22). The molecule has 0 saturated heterocycles. The topological polar surface area (TPSA) is 68.7 Å². The van der Waals surface area contributed by atoms with Crippen LogP contribution in [0.3, 0.4) is 0 Å². The van der Waals surface area contributed by atoms with Crippen molar-refractivity contribution in [2.24, 2.45) is 0 Å². The molecule has 0 spiro atoms. The molecule has 1 heterocycles. The highest BCUT2D eigenvalue weighted by molar-refractivity contribution is 9.10. The number of aromatic nitrogens is 1. The van der Waals surface area contributed by atoms with E-state index in [4.69, 9.17) is 9.47 Å². The minimum absolute atomic E-state index is 0.200. The maximum atomic E-state index is 11.6. The van der Waals surface area contributed by atoms with E-state index in [9.17, 15) is 9.90 Å². The van der Waals surface area contributed by atoms with Crippen LogP contribution in [0.2, 0.25) is 0 Å². The highest BCUT2D eigenvalue weighted by atomic mass is 79.9.